The van der Waals surface area contributed by atoms with Crippen LogP contribution in [0.3, 0.4) is 0 Å². The number of imidazole rings is 1. The van der Waals surface area contributed by atoms with Gasteiger partial charge in [0.1, 0.15) is 11.3 Å². The minimum atomic E-state index is -0.534. The van der Waals surface area contributed by atoms with E-state index in [1.54, 1.807) is 0 Å². The van der Waals surface area contributed by atoms with Crippen molar-refractivity contribution in [2.45, 2.75) is 38.6 Å². The van der Waals surface area contributed by atoms with E-state index < -0.39 is 11.2 Å². The van der Waals surface area contributed by atoms with Gasteiger partial charge in [-0.15, -0.1) is 12.4 Å². The van der Waals surface area contributed by atoms with E-state index in [4.69, 9.17) is 5.73 Å². The molecule has 0 saturated carbocycles. The monoisotopic (exact) mass is 434 g/mol. The number of aryl methyl sites for hydroxylation is 2. The van der Waals surface area contributed by atoms with Crippen LogP contribution in [0, 0.1) is 0 Å². The quantitative estimate of drug-likeness (QED) is 0.443. The lowest BCUT2D eigenvalue weighted by Crippen LogP contribution is -2.32. The zero-order valence-corrected chi connectivity index (χ0v) is 18.0. The van der Waals surface area contributed by atoms with Crippen molar-refractivity contribution in [3.05, 3.63) is 62.1 Å². The molecule has 1 amide bonds. The van der Waals surface area contributed by atoms with Gasteiger partial charge in [0.15, 0.2) is 5.65 Å². The van der Waals surface area contributed by atoms with Gasteiger partial charge in [0.25, 0.3) is 5.56 Å². The zero-order valence-electron chi connectivity index (χ0n) is 17.2. The molecule has 0 aliphatic heterocycles. The highest BCUT2D eigenvalue weighted by Crippen LogP contribution is 2.17. The van der Waals surface area contributed by atoms with E-state index in [2.05, 4.69) is 46.2 Å². The molecule has 0 aliphatic carbocycles. The van der Waals surface area contributed by atoms with E-state index in [9.17, 15) is 14.4 Å². The predicted molar refractivity (Wildman–Crippen MR) is 118 cm³/mol. The number of nitrogens with zero attached hydrogens (tertiary/aromatic N) is 2. The molecule has 30 heavy (non-hydrogen) atoms. The summed E-state index contributed by atoms with van der Waals surface area (Å²) in [7, 11) is 1.52. The molecule has 1 aromatic carbocycles. The fourth-order valence-corrected chi connectivity index (χ4v) is 3.06. The molecule has 3 aromatic rings. The van der Waals surface area contributed by atoms with Crippen molar-refractivity contribution in [1.29, 1.82) is 0 Å². The Kier molecular flexibility index (Phi) is 7.58. The molecule has 9 nitrogen and oxygen atoms in total. The number of aromatic nitrogens is 4. The lowest BCUT2D eigenvalue weighted by Gasteiger charge is -2.14. The topological polar surface area (TPSA) is 139 Å². The summed E-state index contributed by atoms with van der Waals surface area (Å²) in [4.78, 5) is 45.0. The van der Waals surface area contributed by atoms with Crippen molar-refractivity contribution >= 4 is 29.5 Å². The lowest BCUT2D eigenvalue weighted by molar-refractivity contribution is -0.121. The van der Waals surface area contributed by atoms with Crippen molar-refractivity contribution < 1.29 is 4.79 Å². The Morgan fingerprint density at radius 3 is 2.43 bits per heavy atom. The highest BCUT2D eigenvalue weighted by atomic mass is 35.5. The van der Waals surface area contributed by atoms with Crippen LogP contribution in [-0.2, 0) is 18.3 Å². The summed E-state index contributed by atoms with van der Waals surface area (Å²) < 4.78 is 1.25. The van der Waals surface area contributed by atoms with Crippen molar-refractivity contribution in [1.82, 2.24) is 24.8 Å². The van der Waals surface area contributed by atoms with Crippen LogP contribution < -0.4 is 22.3 Å². The first kappa shape index (κ1) is 23.4. The smallest absolute Gasteiger partial charge is 0.329 e. The van der Waals surface area contributed by atoms with Crippen LogP contribution in [0.4, 0.5) is 0 Å². The number of halogens is 1. The van der Waals surface area contributed by atoms with E-state index in [0.717, 1.165) is 5.56 Å². The third-order valence-electron chi connectivity index (χ3n) is 4.94. The van der Waals surface area contributed by atoms with Crippen LogP contribution in [0.2, 0.25) is 0 Å². The molecule has 1 unspecified atom stereocenters. The maximum atomic E-state index is 12.2. The Morgan fingerprint density at radius 2 is 1.80 bits per heavy atom. The Morgan fingerprint density at radius 1 is 1.17 bits per heavy atom. The number of fused-ring (bicyclic) bond motifs is 1. The highest BCUT2D eigenvalue weighted by molar-refractivity contribution is 5.85. The third-order valence-corrected chi connectivity index (χ3v) is 4.94. The van der Waals surface area contributed by atoms with Crippen molar-refractivity contribution in [3.8, 4) is 0 Å². The number of H-pyrrole nitrogens is 2. The van der Waals surface area contributed by atoms with Crippen LogP contribution in [0.5, 0.6) is 0 Å². The summed E-state index contributed by atoms with van der Waals surface area (Å²) >= 11 is 0. The summed E-state index contributed by atoms with van der Waals surface area (Å²) in [6.45, 7) is 4.59. The molecule has 10 heteroatoms. The Bertz CT molecular complexity index is 1130. The summed E-state index contributed by atoms with van der Waals surface area (Å²) in [6, 6.07) is 7.79. The standard InChI is InChI=1S/C20H26N6O3.ClH/c1-11(2)12-4-6-13(7-5-12)14(21)10-22-16(27)9-8-15-23-17-18(24-15)26(3)20(29)25-19(17)28;/h4-7,11,14H,8-10,21H2,1-3H3,(H,22,27)(H,23,24)(H,25,28,29);1H. The maximum Gasteiger partial charge on any atom is 0.329 e. The number of aromatic amines is 2. The van der Waals surface area contributed by atoms with Crippen molar-refractivity contribution in [3.63, 3.8) is 0 Å². The van der Waals surface area contributed by atoms with Crippen LogP contribution in [0.1, 0.15) is 49.2 Å². The molecule has 162 valence electrons. The largest absolute Gasteiger partial charge is 0.354 e. The first-order chi connectivity index (χ1) is 13.8. The summed E-state index contributed by atoms with van der Waals surface area (Å²) in [6.07, 6.45) is 0.497. The van der Waals surface area contributed by atoms with E-state index in [1.165, 1.54) is 17.2 Å². The molecule has 1 atom stereocenters. The first-order valence-corrected chi connectivity index (χ1v) is 9.56. The van der Waals surface area contributed by atoms with Crippen LogP contribution >= 0.6 is 12.4 Å². The molecule has 5 N–H and O–H groups in total. The second-order valence-corrected chi connectivity index (χ2v) is 7.43. The molecular weight excluding hydrogens is 408 g/mol. The van der Waals surface area contributed by atoms with Gasteiger partial charge in [0.05, 0.1) is 0 Å². The number of benzene rings is 1. The van der Waals surface area contributed by atoms with Gasteiger partial charge in [0.2, 0.25) is 5.91 Å². The average molecular weight is 435 g/mol. The SMILES string of the molecule is CC(C)c1ccc(C(N)CNC(=O)CCc2nc3c([nH]2)c(=O)[nH]c(=O)n3C)cc1.Cl. The maximum absolute atomic E-state index is 12.2. The minimum Gasteiger partial charge on any atom is -0.354 e. The lowest BCUT2D eigenvalue weighted by atomic mass is 9.99. The van der Waals surface area contributed by atoms with E-state index in [1.807, 2.05) is 12.1 Å². The number of hydrogen-bond donors (Lipinski definition) is 4. The van der Waals surface area contributed by atoms with Crippen LogP contribution in [-0.4, -0.2) is 32.0 Å². The molecule has 2 heterocycles. The number of carbonyl (C=O) groups is 1. The zero-order chi connectivity index (χ0) is 21.1. The van der Waals surface area contributed by atoms with Crippen LogP contribution in [0.15, 0.2) is 33.9 Å². The number of hydrogen-bond acceptors (Lipinski definition) is 5. The normalized spacial score (nSPS) is 12.0. The van der Waals surface area contributed by atoms with E-state index >= 15 is 0 Å². The Labute approximate surface area is 179 Å². The summed E-state index contributed by atoms with van der Waals surface area (Å²) in [5, 5.41) is 2.83. The fraction of sp³-hybridized carbons (Fsp3) is 0.400. The third kappa shape index (κ3) is 5.17. The molecule has 0 saturated heterocycles. The molecule has 3 rings (SSSR count). The number of nitrogens with two attached hydrogens (primary N) is 1. The minimum absolute atomic E-state index is 0. The van der Waals surface area contributed by atoms with Gasteiger partial charge in [-0.1, -0.05) is 38.1 Å². The second-order valence-electron chi connectivity index (χ2n) is 7.43. The summed E-state index contributed by atoms with van der Waals surface area (Å²) in [5.74, 6) is 0.758. The highest BCUT2D eigenvalue weighted by Gasteiger charge is 2.13. The van der Waals surface area contributed by atoms with Crippen molar-refractivity contribution in [2.24, 2.45) is 12.8 Å². The van der Waals surface area contributed by atoms with Gasteiger partial charge in [-0.05, 0) is 17.0 Å². The van der Waals surface area contributed by atoms with E-state index in [-0.39, 0.29) is 41.9 Å². The Hall–Kier alpha value is -2.91. The number of amides is 1. The van der Waals surface area contributed by atoms with Gasteiger partial charge in [-0.2, -0.15) is 0 Å². The van der Waals surface area contributed by atoms with Gasteiger partial charge >= 0.3 is 5.69 Å². The second kappa shape index (κ2) is 9.73. The Balaban J connectivity index is 0.00000320. The molecule has 0 spiro atoms. The number of carbonyl (C=O) groups excluding carboxylic acids is 1. The summed E-state index contributed by atoms with van der Waals surface area (Å²) in [5.41, 5.74) is 7.80. The molecule has 0 bridgehead atoms. The molecular formula is C20H27ClN6O3. The fourth-order valence-electron chi connectivity index (χ4n) is 3.06. The van der Waals surface area contributed by atoms with Crippen LogP contribution in [0.25, 0.3) is 11.2 Å². The van der Waals surface area contributed by atoms with E-state index in [0.29, 0.717) is 24.7 Å². The average Bonchev–Trinajstić information content (AvgIpc) is 3.14. The molecule has 2 aromatic heterocycles. The van der Waals surface area contributed by atoms with Gasteiger partial charge in [-0.3, -0.25) is 19.1 Å². The predicted octanol–water partition coefficient (Wildman–Crippen LogP) is 1.24. The van der Waals surface area contributed by atoms with Gasteiger partial charge in [-0.25, -0.2) is 9.78 Å². The molecule has 0 fully saturated rings. The first-order valence-electron chi connectivity index (χ1n) is 9.56. The number of nitrogens with one attached hydrogen (secondary N) is 3. The van der Waals surface area contributed by atoms with Gasteiger partial charge in [0, 0.05) is 32.5 Å². The van der Waals surface area contributed by atoms with Crippen molar-refractivity contribution in [2.75, 3.05) is 6.54 Å². The molecule has 0 aliphatic rings. The van der Waals surface area contributed by atoms with Gasteiger partial charge < -0.3 is 16.0 Å². The number of rotatable bonds is 7. The molecule has 0 radical (unpaired) electrons.